The predicted molar refractivity (Wildman–Crippen MR) is 115 cm³/mol. The molecule has 3 heterocycles. The van der Waals surface area contributed by atoms with E-state index in [4.69, 9.17) is 14.0 Å². The number of benzene rings is 2. The van der Waals surface area contributed by atoms with Crippen LogP contribution < -0.4 is 9.47 Å². The highest BCUT2D eigenvalue weighted by Gasteiger charge is 2.26. The SMILES string of the molecule is Cc1noc2nc(-c3ccccc3)cc(C(=O)N(C)C[C@@H]3COc4ccccc4O3)c12. The van der Waals surface area contributed by atoms with Crippen molar-refractivity contribution in [2.75, 3.05) is 20.2 Å². The van der Waals surface area contributed by atoms with Crippen LogP contribution in [-0.4, -0.2) is 47.3 Å². The molecule has 5 rings (SSSR count). The Labute approximate surface area is 179 Å². The van der Waals surface area contributed by atoms with Gasteiger partial charge in [0, 0.05) is 12.6 Å². The molecule has 0 unspecified atom stereocenters. The van der Waals surface area contributed by atoms with Crippen molar-refractivity contribution in [3.63, 3.8) is 0 Å². The number of carbonyl (C=O) groups excluding carboxylic acids is 1. The van der Waals surface area contributed by atoms with E-state index in [1.54, 1.807) is 18.0 Å². The number of likely N-dealkylation sites (N-methyl/N-ethyl adjacent to an activating group) is 1. The molecule has 1 atom stereocenters. The first-order valence-corrected chi connectivity index (χ1v) is 10.1. The van der Waals surface area contributed by atoms with Gasteiger partial charge in [0.05, 0.1) is 28.9 Å². The van der Waals surface area contributed by atoms with Gasteiger partial charge in [0.15, 0.2) is 17.6 Å². The summed E-state index contributed by atoms with van der Waals surface area (Å²) in [5, 5.41) is 4.65. The third-order valence-corrected chi connectivity index (χ3v) is 5.31. The predicted octanol–water partition coefficient (Wildman–Crippen LogP) is 4.11. The highest BCUT2D eigenvalue weighted by Crippen LogP contribution is 2.31. The van der Waals surface area contributed by atoms with E-state index in [9.17, 15) is 4.79 Å². The molecule has 0 fully saturated rings. The van der Waals surface area contributed by atoms with E-state index in [1.165, 1.54) is 0 Å². The Morgan fingerprint density at radius 2 is 1.84 bits per heavy atom. The largest absolute Gasteiger partial charge is 0.486 e. The topological polar surface area (TPSA) is 77.7 Å². The van der Waals surface area contributed by atoms with Crippen LogP contribution in [0, 0.1) is 6.92 Å². The molecule has 2 aromatic carbocycles. The summed E-state index contributed by atoms with van der Waals surface area (Å²) in [4.78, 5) is 19.6. The van der Waals surface area contributed by atoms with Crippen LogP contribution in [0.2, 0.25) is 0 Å². The average molecular weight is 415 g/mol. The summed E-state index contributed by atoms with van der Waals surface area (Å²) in [6, 6.07) is 19.0. The third-order valence-electron chi connectivity index (χ3n) is 5.31. The number of hydrogen-bond acceptors (Lipinski definition) is 6. The van der Waals surface area contributed by atoms with Gasteiger partial charge < -0.3 is 18.9 Å². The van der Waals surface area contributed by atoms with Gasteiger partial charge in [0.1, 0.15) is 6.61 Å². The molecule has 7 nitrogen and oxygen atoms in total. The normalized spacial score (nSPS) is 15.1. The van der Waals surface area contributed by atoms with Crippen molar-refractivity contribution in [1.82, 2.24) is 15.0 Å². The molecule has 0 radical (unpaired) electrons. The zero-order valence-corrected chi connectivity index (χ0v) is 17.2. The van der Waals surface area contributed by atoms with Crippen LogP contribution in [0.1, 0.15) is 16.1 Å². The van der Waals surface area contributed by atoms with Crippen molar-refractivity contribution in [1.29, 1.82) is 0 Å². The van der Waals surface area contributed by atoms with Gasteiger partial charge in [-0.1, -0.05) is 47.6 Å². The minimum Gasteiger partial charge on any atom is -0.486 e. The molecule has 31 heavy (non-hydrogen) atoms. The van der Waals surface area contributed by atoms with Gasteiger partial charge in [-0.25, -0.2) is 4.98 Å². The molecule has 1 amide bonds. The standard InChI is InChI=1S/C24H21N3O4/c1-15-22-18(12-19(25-23(22)31-26-15)16-8-4-3-5-9-16)24(28)27(2)13-17-14-29-20-10-6-7-11-21(20)30-17/h3-12,17H,13-14H2,1-2H3/t17-/m1/s1. The quantitative estimate of drug-likeness (QED) is 0.499. The molecule has 156 valence electrons. The minimum absolute atomic E-state index is 0.154. The summed E-state index contributed by atoms with van der Waals surface area (Å²) in [5.74, 6) is 1.25. The molecule has 1 aliphatic heterocycles. The number of para-hydroxylation sites is 2. The fourth-order valence-corrected chi connectivity index (χ4v) is 3.77. The van der Waals surface area contributed by atoms with E-state index >= 15 is 0 Å². The van der Waals surface area contributed by atoms with Crippen LogP contribution >= 0.6 is 0 Å². The van der Waals surface area contributed by atoms with Gasteiger partial charge in [-0.2, -0.15) is 0 Å². The number of carbonyl (C=O) groups is 1. The Kier molecular flexibility index (Phi) is 4.78. The van der Waals surface area contributed by atoms with Crippen molar-refractivity contribution in [2.24, 2.45) is 0 Å². The zero-order chi connectivity index (χ0) is 21.4. The Morgan fingerprint density at radius 1 is 1.10 bits per heavy atom. The van der Waals surface area contributed by atoms with Crippen molar-refractivity contribution < 1.29 is 18.8 Å². The Bertz CT molecular complexity index is 1250. The second-order valence-corrected chi connectivity index (χ2v) is 7.55. The molecular formula is C24H21N3O4. The maximum Gasteiger partial charge on any atom is 0.259 e. The van der Waals surface area contributed by atoms with Crippen molar-refractivity contribution in [3.8, 4) is 22.8 Å². The third kappa shape index (κ3) is 3.59. The number of fused-ring (bicyclic) bond motifs is 2. The lowest BCUT2D eigenvalue weighted by Crippen LogP contribution is -2.41. The van der Waals surface area contributed by atoms with Crippen LogP contribution in [-0.2, 0) is 0 Å². The van der Waals surface area contributed by atoms with E-state index in [1.807, 2.05) is 61.5 Å². The molecule has 0 saturated heterocycles. The minimum atomic E-state index is -0.265. The number of nitrogens with zero attached hydrogens (tertiary/aromatic N) is 3. The fraction of sp³-hybridized carbons (Fsp3) is 0.208. The molecule has 0 N–H and O–H groups in total. The number of ether oxygens (including phenoxy) is 2. The molecule has 4 aromatic rings. The van der Waals surface area contributed by atoms with Gasteiger partial charge in [0.2, 0.25) is 0 Å². The molecule has 0 saturated carbocycles. The van der Waals surface area contributed by atoms with Gasteiger partial charge in [-0.15, -0.1) is 0 Å². The average Bonchev–Trinajstić information content (AvgIpc) is 3.19. The molecule has 1 aliphatic rings. The second-order valence-electron chi connectivity index (χ2n) is 7.55. The molecule has 2 aromatic heterocycles. The lowest BCUT2D eigenvalue weighted by atomic mass is 10.0. The van der Waals surface area contributed by atoms with Crippen LogP contribution in [0.3, 0.4) is 0 Å². The monoisotopic (exact) mass is 415 g/mol. The fourth-order valence-electron chi connectivity index (χ4n) is 3.77. The summed E-state index contributed by atoms with van der Waals surface area (Å²) < 4.78 is 17.2. The van der Waals surface area contributed by atoms with Gasteiger partial charge in [-0.3, -0.25) is 4.79 Å². The highest BCUT2D eigenvalue weighted by atomic mass is 16.6. The maximum absolute atomic E-state index is 13.4. The lowest BCUT2D eigenvalue weighted by Gasteiger charge is -2.29. The number of rotatable bonds is 4. The van der Waals surface area contributed by atoms with E-state index in [2.05, 4.69) is 10.1 Å². The van der Waals surface area contributed by atoms with Gasteiger partial charge in [-0.05, 0) is 25.1 Å². The summed E-state index contributed by atoms with van der Waals surface area (Å²) in [7, 11) is 1.75. The van der Waals surface area contributed by atoms with E-state index < -0.39 is 0 Å². The second kappa shape index (κ2) is 7.75. The number of amides is 1. The maximum atomic E-state index is 13.4. The van der Waals surface area contributed by atoms with Gasteiger partial charge >= 0.3 is 0 Å². The Balaban J connectivity index is 1.44. The number of hydrogen-bond donors (Lipinski definition) is 0. The number of pyridine rings is 1. The van der Waals surface area contributed by atoms with Crippen molar-refractivity contribution in [3.05, 3.63) is 71.9 Å². The van der Waals surface area contributed by atoms with Crippen molar-refractivity contribution >= 4 is 17.0 Å². The van der Waals surface area contributed by atoms with E-state index in [0.29, 0.717) is 47.0 Å². The summed E-state index contributed by atoms with van der Waals surface area (Å²) >= 11 is 0. The van der Waals surface area contributed by atoms with Gasteiger partial charge in [0.25, 0.3) is 11.6 Å². The molecule has 7 heteroatoms. The molecule has 0 spiro atoms. The van der Waals surface area contributed by atoms with Crippen LogP contribution in [0.4, 0.5) is 0 Å². The first kappa shape index (κ1) is 19.1. The van der Waals surface area contributed by atoms with E-state index in [-0.39, 0.29) is 12.0 Å². The smallest absolute Gasteiger partial charge is 0.259 e. The lowest BCUT2D eigenvalue weighted by molar-refractivity contribution is 0.0522. The highest BCUT2D eigenvalue weighted by molar-refractivity contribution is 6.06. The first-order chi connectivity index (χ1) is 15.1. The molecule has 0 bridgehead atoms. The van der Waals surface area contributed by atoms with Crippen LogP contribution in [0.15, 0.2) is 65.2 Å². The summed E-state index contributed by atoms with van der Waals surface area (Å²) in [6.45, 7) is 2.56. The number of aryl methyl sites for hydroxylation is 1. The first-order valence-electron chi connectivity index (χ1n) is 10.1. The summed E-state index contributed by atoms with van der Waals surface area (Å²) in [5.41, 5.74) is 3.04. The van der Waals surface area contributed by atoms with E-state index in [0.717, 1.165) is 11.3 Å². The number of aromatic nitrogens is 2. The molecule has 0 aliphatic carbocycles. The Morgan fingerprint density at radius 3 is 2.65 bits per heavy atom. The van der Waals surface area contributed by atoms with Crippen LogP contribution in [0.25, 0.3) is 22.4 Å². The Hall–Kier alpha value is -3.87. The molecular weight excluding hydrogens is 394 g/mol. The van der Waals surface area contributed by atoms with Crippen LogP contribution in [0.5, 0.6) is 11.5 Å². The zero-order valence-electron chi connectivity index (χ0n) is 17.2. The van der Waals surface area contributed by atoms with Crippen molar-refractivity contribution in [2.45, 2.75) is 13.0 Å². The summed E-state index contributed by atoms with van der Waals surface area (Å²) in [6.07, 6.45) is -0.265.